The summed E-state index contributed by atoms with van der Waals surface area (Å²) >= 11 is 5.08. The average Bonchev–Trinajstić information content (AvgIpc) is 2.67. The van der Waals surface area contributed by atoms with Gasteiger partial charge in [-0.05, 0) is 22.0 Å². The highest BCUT2D eigenvalue weighted by Gasteiger charge is 2.00. The predicted octanol–water partition coefficient (Wildman–Crippen LogP) is 1.74. The maximum Gasteiger partial charge on any atom is 0.222 e. The molecule has 0 atom stereocenters. The molecule has 0 saturated heterocycles. The Morgan fingerprint density at radius 1 is 1.62 bits per heavy atom. The van der Waals surface area contributed by atoms with Gasteiger partial charge in [0, 0.05) is 34.2 Å². The van der Waals surface area contributed by atoms with E-state index in [2.05, 4.69) is 38.6 Å². The molecule has 86 valence electrons. The molecule has 1 aromatic rings. The number of hydrogen-bond donors (Lipinski definition) is 2. The summed E-state index contributed by atoms with van der Waals surface area (Å²) in [5.74, 6) is 2.35. The van der Waals surface area contributed by atoms with Crippen LogP contribution in [0.3, 0.4) is 0 Å². The highest BCUT2D eigenvalue weighted by molar-refractivity contribution is 9.10. The number of amides is 1. The van der Waals surface area contributed by atoms with Gasteiger partial charge in [0.1, 0.15) is 0 Å². The zero-order chi connectivity index (χ0) is 11.8. The van der Waals surface area contributed by atoms with Crippen LogP contribution in [0.2, 0.25) is 0 Å². The summed E-state index contributed by atoms with van der Waals surface area (Å²) < 4.78 is 1.10. The van der Waals surface area contributed by atoms with Crippen molar-refractivity contribution in [2.75, 3.05) is 13.1 Å². The quantitative estimate of drug-likeness (QED) is 0.621. The molecule has 3 nitrogen and oxygen atoms in total. The Morgan fingerprint density at radius 3 is 3.06 bits per heavy atom. The first-order valence-corrected chi connectivity index (χ1v) is 6.53. The SMILES string of the molecule is C#CCNC(=O)CCNCc1cc(Br)cs1. The van der Waals surface area contributed by atoms with E-state index in [0.717, 1.165) is 11.0 Å². The molecule has 16 heavy (non-hydrogen) atoms. The van der Waals surface area contributed by atoms with E-state index in [1.54, 1.807) is 11.3 Å². The number of thiophene rings is 1. The van der Waals surface area contributed by atoms with Crippen molar-refractivity contribution in [1.82, 2.24) is 10.6 Å². The van der Waals surface area contributed by atoms with Crippen LogP contribution in [0.1, 0.15) is 11.3 Å². The van der Waals surface area contributed by atoms with Crippen molar-refractivity contribution in [1.29, 1.82) is 0 Å². The normalized spacial score (nSPS) is 9.75. The Hall–Kier alpha value is -0.830. The van der Waals surface area contributed by atoms with Crippen molar-refractivity contribution < 1.29 is 4.79 Å². The Morgan fingerprint density at radius 2 is 2.44 bits per heavy atom. The lowest BCUT2D eigenvalue weighted by Crippen LogP contribution is -2.27. The summed E-state index contributed by atoms with van der Waals surface area (Å²) in [7, 11) is 0. The van der Waals surface area contributed by atoms with Crippen LogP contribution < -0.4 is 10.6 Å². The van der Waals surface area contributed by atoms with E-state index in [1.807, 2.05) is 5.38 Å². The van der Waals surface area contributed by atoms with Gasteiger partial charge in [0.05, 0.1) is 6.54 Å². The van der Waals surface area contributed by atoms with E-state index in [1.165, 1.54) is 4.88 Å². The van der Waals surface area contributed by atoms with Gasteiger partial charge in [0.15, 0.2) is 0 Å². The highest BCUT2D eigenvalue weighted by atomic mass is 79.9. The van der Waals surface area contributed by atoms with Crippen LogP contribution in [0.25, 0.3) is 0 Å². The van der Waals surface area contributed by atoms with Gasteiger partial charge in [-0.2, -0.15) is 0 Å². The van der Waals surface area contributed by atoms with E-state index in [-0.39, 0.29) is 5.91 Å². The number of nitrogens with one attached hydrogen (secondary N) is 2. The van der Waals surface area contributed by atoms with Crippen LogP contribution >= 0.6 is 27.3 Å². The van der Waals surface area contributed by atoms with Gasteiger partial charge in [-0.3, -0.25) is 4.79 Å². The minimum Gasteiger partial charge on any atom is -0.345 e. The predicted molar refractivity (Wildman–Crippen MR) is 70.2 cm³/mol. The smallest absolute Gasteiger partial charge is 0.222 e. The van der Waals surface area contributed by atoms with Gasteiger partial charge in [0.2, 0.25) is 5.91 Å². The molecule has 0 unspecified atom stereocenters. The van der Waals surface area contributed by atoms with Crippen molar-refractivity contribution in [3.8, 4) is 12.3 Å². The van der Waals surface area contributed by atoms with E-state index in [9.17, 15) is 4.79 Å². The van der Waals surface area contributed by atoms with Crippen molar-refractivity contribution in [2.45, 2.75) is 13.0 Å². The molecule has 5 heteroatoms. The van der Waals surface area contributed by atoms with Crippen LogP contribution in [-0.2, 0) is 11.3 Å². The topological polar surface area (TPSA) is 41.1 Å². The van der Waals surface area contributed by atoms with Gasteiger partial charge in [-0.15, -0.1) is 17.8 Å². The molecule has 0 radical (unpaired) electrons. The second-order valence-electron chi connectivity index (χ2n) is 3.14. The zero-order valence-electron chi connectivity index (χ0n) is 8.75. The minimum atomic E-state index is -0.0159. The Balaban J connectivity index is 2.08. The number of carbonyl (C=O) groups excluding carboxylic acids is 1. The van der Waals surface area contributed by atoms with E-state index in [4.69, 9.17) is 6.42 Å². The fourth-order valence-electron chi connectivity index (χ4n) is 1.10. The third-order valence-corrected chi connectivity index (χ3v) is 3.54. The molecule has 1 rings (SSSR count). The summed E-state index contributed by atoms with van der Waals surface area (Å²) in [6, 6.07) is 2.07. The van der Waals surface area contributed by atoms with Crippen LogP contribution in [0, 0.1) is 12.3 Å². The molecule has 1 amide bonds. The van der Waals surface area contributed by atoms with Gasteiger partial charge < -0.3 is 10.6 Å². The van der Waals surface area contributed by atoms with E-state index >= 15 is 0 Å². The number of halogens is 1. The first-order valence-electron chi connectivity index (χ1n) is 4.86. The third-order valence-electron chi connectivity index (χ3n) is 1.84. The van der Waals surface area contributed by atoms with Gasteiger partial charge in [-0.1, -0.05) is 5.92 Å². The van der Waals surface area contributed by atoms with Crippen molar-refractivity contribution in [3.63, 3.8) is 0 Å². The Kier molecular flexibility index (Phi) is 6.16. The monoisotopic (exact) mass is 300 g/mol. The Bertz CT molecular complexity index is 384. The molecule has 0 saturated carbocycles. The fraction of sp³-hybridized carbons (Fsp3) is 0.364. The lowest BCUT2D eigenvalue weighted by atomic mass is 10.4. The molecular formula is C11H13BrN2OS. The molecule has 0 aliphatic rings. The Labute approximate surface area is 108 Å². The minimum absolute atomic E-state index is 0.0159. The van der Waals surface area contributed by atoms with Crippen LogP contribution in [0.15, 0.2) is 15.9 Å². The lowest BCUT2D eigenvalue weighted by molar-refractivity contribution is -0.120. The standard InChI is InChI=1S/C11H13BrN2OS/c1-2-4-14-11(15)3-5-13-7-10-6-9(12)8-16-10/h1,6,8,13H,3-5,7H2,(H,14,15). The molecule has 1 heterocycles. The molecule has 0 fully saturated rings. The van der Waals surface area contributed by atoms with Crippen LogP contribution in [0.5, 0.6) is 0 Å². The second kappa shape index (κ2) is 7.44. The van der Waals surface area contributed by atoms with Gasteiger partial charge in [-0.25, -0.2) is 0 Å². The van der Waals surface area contributed by atoms with E-state index in [0.29, 0.717) is 19.5 Å². The average molecular weight is 301 g/mol. The number of terminal acetylenes is 1. The molecule has 0 aliphatic carbocycles. The molecular weight excluding hydrogens is 288 g/mol. The first-order chi connectivity index (χ1) is 7.72. The number of carbonyl (C=O) groups is 1. The lowest BCUT2D eigenvalue weighted by Gasteiger charge is -2.03. The van der Waals surface area contributed by atoms with Crippen molar-refractivity contribution in [3.05, 3.63) is 20.8 Å². The molecule has 0 aromatic carbocycles. The van der Waals surface area contributed by atoms with Gasteiger partial charge >= 0.3 is 0 Å². The zero-order valence-corrected chi connectivity index (χ0v) is 11.2. The maximum absolute atomic E-state index is 11.2. The summed E-state index contributed by atoms with van der Waals surface area (Å²) in [4.78, 5) is 12.4. The summed E-state index contributed by atoms with van der Waals surface area (Å²) in [5.41, 5.74) is 0. The summed E-state index contributed by atoms with van der Waals surface area (Å²) in [6.07, 6.45) is 5.48. The first kappa shape index (κ1) is 13.2. The molecule has 0 aliphatic heterocycles. The molecule has 0 spiro atoms. The maximum atomic E-state index is 11.2. The number of rotatable bonds is 6. The molecule has 2 N–H and O–H groups in total. The van der Waals surface area contributed by atoms with Crippen molar-refractivity contribution in [2.24, 2.45) is 0 Å². The van der Waals surface area contributed by atoms with E-state index < -0.39 is 0 Å². The number of hydrogen-bond acceptors (Lipinski definition) is 3. The summed E-state index contributed by atoms with van der Waals surface area (Å²) in [6.45, 7) is 1.75. The molecule has 0 bridgehead atoms. The van der Waals surface area contributed by atoms with Crippen LogP contribution in [-0.4, -0.2) is 19.0 Å². The highest BCUT2D eigenvalue weighted by Crippen LogP contribution is 2.19. The van der Waals surface area contributed by atoms with Gasteiger partial charge in [0.25, 0.3) is 0 Å². The second-order valence-corrected chi connectivity index (χ2v) is 5.05. The fourth-order valence-corrected chi connectivity index (χ4v) is 2.52. The largest absolute Gasteiger partial charge is 0.345 e. The molecule has 1 aromatic heterocycles. The summed E-state index contributed by atoms with van der Waals surface area (Å²) in [5, 5.41) is 7.85. The third kappa shape index (κ3) is 5.31. The van der Waals surface area contributed by atoms with Crippen LogP contribution in [0.4, 0.5) is 0 Å². The van der Waals surface area contributed by atoms with Crippen molar-refractivity contribution >= 4 is 33.2 Å².